The predicted molar refractivity (Wildman–Crippen MR) is 64.7 cm³/mol. The van der Waals surface area contributed by atoms with Gasteiger partial charge in [0.1, 0.15) is 11.0 Å². The van der Waals surface area contributed by atoms with Crippen molar-refractivity contribution in [2.45, 2.75) is 13.0 Å². The number of hydrogen-bond donors (Lipinski definition) is 2. The highest BCUT2D eigenvalue weighted by Crippen LogP contribution is 2.29. The van der Waals surface area contributed by atoms with E-state index in [0.717, 1.165) is 11.7 Å². The first-order chi connectivity index (χ1) is 7.59. The number of nitrogens with one attached hydrogen (secondary N) is 1. The van der Waals surface area contributed by atoms with Crippen molar-refractivity contribution in [2.75, 3.05) is 5.32 Å². The van der Waals surface area contributed by atoms with E-state index < -0.39 is 6.04 Å². The van der Waals surface area contributed by atoms with E-state index in [4.69, 9.17) is 17.3 Å². The molecule has 2 rings (SSSR count). The molecule has 0 aliphatic carbocycles. The molecule has 1 aromatic carbocycles. The van der Waals surface area contributed by atoms with Crippen LogP contribution in [0.4, 0.5) is 5.69 Å². The van der Waals surface area contributed by atoms with Gasteiger partial charge in [0, 0.05) is 0 Å². The Morgan fingerprint density at radius 2 is 2.31 bits per heavy atom. The summed E-state index contributed by atoms with van der Waals surface area (Å²) in [5, 5.41) is 3.07. The second kappa shape index (κ2) is 4.32. The predicted octanol–water partition coefficient (Wildman–Crippen LogP) is 1.63. The highest BCUT2D eigenvalue weighted by molar-refractivity contribution is 7.00. The second-order valence-electron chi connectivity index (χ2n) is 3.33. The first kappa shape index (κ1) is 11.3. The Kier molecular flexibility index (Phi) is 3.04. The minimum Gasteiger partial charge on any atom is -0.322 e. The van der Waals surface area contributed by atoms with Crippen LogP contribution in [0.15, 0.2) is 12.1 Å². The third kappa shape index (κ3) is 1.99. The SMILES string of the molecule is C[C@@H](N)C(=O)Nc1c(Cl)ccc2nsnc12. The maximum absolute atomic E-state index is 11.5. The number of fused-ring (bicyclic) bond motifs is 1. The fraction of sp³-hybridized carbons (Fsp3) is 0.222. The van der Waals surface area contributed by atoms with E-state index in [0.29, 0.717) is 21.7 Å². The van der Waals surface area contributed by atoms with Gasteiger partial charge in [0.05, 0.1) is 28.5 Å². The molecule has 84 valence electrons. The van der Waals surface area contributed by atoms with Gasteiger partial charge in [0.2, 0.25) is 5.91 Å². The van der Waals surface area contributed by atoms with Crippen molar-refractivity contribution >= 4 is 46.0 Å². The van der Waals surface area contributed by atoms with E-state index in [2.05, 4.69) is 14.1 Å². The van der Waals surface area contributed by atoms with Crippen LogP contribution in [-0.2, 0) is 4.79 Å². The summed E-state index contributed by atoms with van der Waals surface area (Å²) in [7, 11) is 0. The quantitative estimate of drug-likeness (QED) is 0.856. The van der Waals surface area contributed by atoms with E-state index in [1.807, 2.05) is 0 Å². The van der Waals surface area contributed by atoms with Crippen LogP contribution in [0.3, 0.4) is 0 Å². The molecule has 0 fully saturated rings. The Labute approximate surface area is 101 Å². The average molecular weight is 257 g/mol. The van der Waals surface area contributed by atoms with Gasteiger partial charge in [-0.3, -0.25) is 4.79 Å². The number of nitrogens with zero attached hydrogens (tertiary/aromatic N) is 2. The monoisotopic (exact) mass is 256 g/mol. The fourth-order valence-corrected chi connectivity index (χ4v) is 1.93. The van der Waals surface area contributed by atoms with E-state index in [9.17, 15) is 4.79 Å². The number of benzene rings is 1. The van der Waals surface area contributed by atoms with E-state index in [1.165, 1.54) is 0 Å². The smallest absolute Gasteiger partial charge is 0.241 e. The Bertz CT molecular complexity index is 539. The molecule has 1 amide bonds. The number of rotatable bonds is 2. The summed E-state index contributed by atoms with van der Waals surface area (Å²) in [5.74, 6) is -0.303. The second-order valence-corrected chi connectivity index (χ2v) is 4.27. The van der Waals surface area contributed by atoms with Crippen molar-refractivity contribution in [1.29, 1.82) is 0 Å². The van der Waals surface area contributed by atoms with Crippen molar-refractivity contribution in [3.05, 3.63) is 17.2 Å². The summed E-state index contributed by atoms with van der Waals surface area (Å²) >= 11 is 7.06. The molecule has 0 aliphatic rings. The molecule has 16 heavy (non-hydrogen) atoms. The standard InChI is InChI=1S/C9H9ClN4OS/c1-4(11)9(15)12-7-5(10)2-3-6-8(7)14-16-13-6/h2-4H,11H2,1H3,(H,12,15)/t4-/m1/s1. The minimum absolute atomic E-state index is 0.303. The van der Waals surface area contributed by atoms with E-state index >= 15 is 0 Å². The lowest BCUT2D eigenvalue weighted by Gasteiger charge is -2.09. The van der Waals surface area contributed by atoms with Crippen LogP contribution in [0.25, 0.3) is 11.0 Å². The van der Waals surface area contributed by atoms with Crippen LogP contribution < -0.4 is 11.1 Å². The summed E-state index contributed by atoms with van der Waals surface area (Å²) in [6.45, 7) is 1.60. The molecule has 1 aromatic heterocycles. The Hall–Kier alpha value is -1.24. The third-order valence-corrected chi connectivity index (χ3v) is 2.90. The van der Waals surface area contributed by atoms with E-state index in [-0.39, 0.29) is 5.91 Å². The third-order valence-electron chi connectivity index (χ3n) is 2.04. The van der Waals surface area contributed by atoms with Crippen LogP contribution in [0.5, 0.6) is 0 Å². The normalized spacial score (nSPS) is 12.7. The van der Waals surface area contributed by atoms with Crippen molar-refractivity contribution in [3.63, 3.8) is 0 Å². The molecule has 0 unspecified atom stereocenters. The van der Waals surface area contributed by atoms with Gasteiger partial charge in [0.15, 0.2) is 0 Å². The van der Waals surface area contributed by atoms with Crippen molar-refractivity contribution in [3.8, 4) is 0 Å². The highest BCUT2D eigenvalue weighted by Gasteiger charge is 2.14. The van der Waals surface area contributed by atoms with Crippen LogP contribution >= 0.6 is 23.3 Å². The van der Waals surface area contributed by atoms with Gasteiger partial charge in [-0.25, -0.2) is 0 Å². The fourth-order valence-electron chi connectivity index (χ4n) is 1.18. The molecule has 0 saturated heterocycles. The van der Waals surface area contributed by atoms with Crippen molar-refractivity contribution in [1.82, 2.24) is 8.75 Å². The van der Waals surface area contributed by atoms with Gasteiger partial charge >= 0.3 is 0 Å². The Morgan fingerprint density at radius 3 is 3.00 bits per heavy atom. The first-order valence-electron chi connectivity index (χ1n) is 4.57. The molecule has 0 radical (unpaired) electrons. The summed E-state index contributed by atoms with van der Waals surface area (Å²) < 4.78 is 8.14. The number of halogens is 1. The molecule has 5 nitrogen and oxygen atoms in total. The van der Waals surface area contributed by atoms with Gasteiger partial charge in [-0.05, 0) is 19.1 Å². The van der Waals surface area contributed by atoms with E-state index in [1.54, 1.807) is 19.1 Å². The molecule has 0 bridgehead atoms. The van der Waals surface area contributed by atoms with Gasteiger partial charge in [-0.15, -0.1) is 0 Å². The summed E-state index contributed by atoms with van der Waals surface area (Å²) in [4.78, 5) is 11.5. The molecule has 0 saturated carbocycles. The molecule has 1 atom stereocenters. The molecule has 2 aromatic rings. The van der Waals surface area contributed by atoms with Gasteiger partial charge < -0.3 is 11.1 Å². The lowest BCUT2D eigenvalue weighted by molar-refractivity contribution is -0.117. The van der Waals surface area contributed by atoms with Gasteiger partial charge in [0.25, 0.3) is 0 Å². The molecule has 1 heterocycles. The van der Waals surface area contributed by atoms with Crippen LogP contribution in [0.1, 0.15) is 6.92 Å². The zero-order valence-electron chi connectivity index (χ0n) is 8.40. The number of hydrogen-bond acceptors (Lipinski definition) is 5. The zero-order chi connectivity index (χ0) is 11.7. The number of carbonyl (C=O) groups is 1. The summed E-state index contributed by atoms with van der Waals surface area (Å²) in [5.41, 5.74) is 7.22. The highest BCUT2D eigenvalue weighted by atomic mass is 35.5. The largest absolute Gasteiger partial charge is 0.322 e. The number of aromatic nitrogens is 2. The zero-order valence-corrected chi connectivity index (χ0v) is 9.97. The lowest BCUT2D eigenvalue weighted by Crippen LogP contribution is -2.32. The van der Waals surface area contributed by atoms with Crippen molar-refractivity contribution < 1.29 is 4.79 Å². The Balaban J connectivity index is 2.46. The molecule has 3 N–H and O–H groups in total. The minimum atomic E-state index is -0.599. The number of carbonyl (C=O) groups excluding carboxylic acids is 1. The number of anilines is 1. The lowest BCUT2D eigenvalue weighted by atomic mass is 10.2. The number of nitrogens with two attached hydrogens (primary N) is 1. The molecule has 0 aliphatic heterocycles. The topological polar surface area (TPSA) is 80.9 Å². The maximum atomic E-state index is 11.5. The Morgan fingerprint density at radius 1 is 1.56 bits per heavy atom. The summed E-state index contributed by atoms with van der Waals surface area (Å²) in [6, 6.07) is 2.82. The maximum Gasteiger partial charge on any atom is 0.241 e. The van der Waals surface area contributed by atoms with Gasteiger partial charge in [-0.1, -0.05) is 11.6 Å². The van der Waals surface area contributed by atoms with Crippen LogP contribution in [-0.4, -0.2) is 20.7 Å². The molecular formula is C9H9ClN4OS. The number of amides is 1. The summed E-state index contributed by atoms with van der Waals surface area (Å²) in [6.07, 6.45) is 0. The van der Waals surface area contributed by atoms with Crippen LogP contribution in [0, 0.1) is 0 Å². The molecule has 0 spiro atoms. The van der Waals surface area contributed by atoms with Crippen LogP contribution in [0.2, 0.25) is 5.02 Å². The average Bonchev–Trinajstić information content (AvgIpc) is 2.70. The van der Waals surface area contributed by atoms with Gasteiger partial charge in [-0.2, -0.15) is 8.75 Å². The first-order valence-corrected chi connectivity index (χ1v) is 5.67. The molecule has 7 heteroatoms. The molecular weight excluding hydrogens is 248 g/mol. The van der Waals surface area contributed by atoms with Crippen molar-refractivity contribution in [2.24, 2.45) is 5.73 Å².